The van der Waals surface area contributed by atoms with Crippen molar-refractivity contribution in [1.29, 1.82) is 0 Å². The van der Waals surface area contributed by atoms with Gasteiger partial charge in [-0.05, 0) is 48.9 Å². The predicted molar refractivity (Wildman–Crippen MR) is 74.9 cm³/mol. The summed E-state index contributed by atoms with van der Waals surface area (Å²) in [6, 6.07) is 11.9. The van der Waals surface area contributed by atoms with Gasteiger partial charge in [-0.25, -0.2) is 0 Å². The molecule has 1 amide bonds. The minimum atomic E-state index is -0.167. The lowest BCUT2D eigenvalue weighted by molar-refractivity contribution is 0.102. The zero-order valence-corrected chi connectivity index (χ0v) is 11.4. The summed E-state index contributed by atoms with van der Waals surface area (Å²) in [5, 5.41) is 12.0. The van der Waals surface area contributed by atoms with E-state index in [0.717, 1.165) is 10.0 Å². The predicted octanol–water partition coefficient (Wildman–Crippen LogP) is 3.72. The number of nitrogens with one attached hydrogen (secondary N) is 1. The van der Waals surface area contributed by atoms with Crippen molar-refractivity contribution in [2.45, 2.75) is 6.92 Å². The molecule has 0 heterocycles. The van der Waals surface area contributed by atoms with Crippen molar-refractivity contribution in [1.82, 2.24) is 0 Å². The summed E-state index contributed by atoms with van der Waals surface area (Å²) in [5.41, 5.74) is 2.18. The van der Waals surface area contributed by atoms with Crippen LogP contribution < -0.4 is 5.32 Å². The van der Waals surface area contributed by atoms with E-state index in [9.17, 15) is 4.79 Å². The van der Waals surface area contributed by atoms with Crippen LogP contribution in [-0.2, 0) is 0 Å². The number of amides is 1. The van der Waals surface area contributed by atoms with Crippen molar-refractivity contribution in [3.05, 3.63) is 58.1 Å². The zero-order chi connectivity index (χ0) is 13.1. The molecule has 0 spiro atoms. The van der Waals surface area contributed by atoms with Crippen molar-refractivity contribution in [3.8, 4) is 5.75 Å². The second-order valence-corrected chi connectivity index (χ2v) is 4.88. The average molecular weight is 306 g/mol. The number of benzene rings is 2. The van der Waals surface area contributed by atoms with E-state index in [0.29, 0.717) is 11.3 Å². The lowest BCUT2D eigenvalue weighted by atomic mass is 10.1. The molecule has 2 N–H and O–H groups in total. The van der Waals surface area contributed by atoms with Gasteiger partial charge in [0.1, 0.15) is 5.75 Å². The highest BCUT2D eigenvalue weighted by molar-refractivity contribution is 9.10. The number of halogens is 1. The highest BCUT2D eigenvalue weighted by Crippen LogP contribution is 2.19. The van der Waals surface area contributed by atoms with Crippen LogP contribution in [0.1, 0.15) is 15.9 Å². The number of carbonyl (C=O) groups excluding carboxylic acids is 1. The minimum absolute atomic E-state index is 0.167. The van der Waals surface area contributed by atoms with Crippen LogP contribution in [0.5, 0.6) is 5.75 Å². The summed E-state index contributed by atoms with van der Waals surface area (Å²) in [5.74, 6) is 0.00567. The van der Waals surface area contributed by atoms with Crippen LogP contribution in [0.2, 0.25) is 0 Å². The molecular weight excluding hydrogens is 294 g/mol. The summed E-state index contributed by atoms with van der Waals surface area (Å²) in [6.45, 7) is 1.89. The fraction of sp³-hybridized carbons (Fsp3) is 0.0714. The molecule has 0 aromatic heterocycles. The number of hydrogen-bond acceptors (Lipinski definition) is 2. The number of aromatic hydroxyl groups is 1. The van der Waals surface area contributed by atoms with E-state index in [-0.39, 0.29) is 11.7 Å². The molecule has 0 aliphatic rings. The van der Waals surface area contributed by atoms with Gasteiger partial charge in [-0.2, -0.15) is 0 Å². The maximum absolute atomic E-state index is 12.1. The van der Waals surface area contributed by atoms with Gasteiger partial charge < -0.3 is 10.4 Å². The summed E-state index contributed by atoms with van der Waals surface area (Å²) in [6.07, 6.45) is 0. The Balaban J connectivity index is 2.21. The summed E-state index contributed by atoms with van der Waals surface area (Å²) in [7, 11) is 0. The van der Waals surface area contributed by atoms with Crippen LogP contribution in [0.15, 0.2) is 46.9 Å². The fourth-order valence-corrected chi connectivity index (χ4v) is 1.94. The molecule has 2 aromatic carbocycles. The van der Waals surface area contributed by atoms with Gasteiger partial charge in [-0.1, -0.05) is 22.0 Å². The summed E-state index contributed by atoms with van der Waals surface area (Å²) in [4.78, 5) is 12.1. The molecule has 0 unspecified atom stereocenters. The standard InChI is InChI=1S/C14H12BrNO2/c1-9-2-3-10(15)8-13(9)14(18)16-11-4-6-12(17)7-5-11/h2-8,17H,1H3,(H,16,18). The number of phenols is 1. The second-order valence-electron chi connectivity index (χ2n) is 3.96. The molecule has 3 nitrogen and oxygen atoms in total. The molecule has 0 saturated heterocycles. The van der Waals surface area contributed by atoms with Gasteiger partial charge in [0.05, 0.1) is 0 Å². The van der Waals surface area contributed by atoms with Gasteiger partial charge in [-0.3, -0.25) is 4.79 Å². The maximum atomic E-state index is 12.1. The molecule has 0 saturated carbocycles. The number of anilines is 1. The van der Waals surface area contributed by atoms with Crippen molar-refractivity contribution in [2.75, 3.05) is 5.32 Å². The van der Waals surface area contributed by atoms with E-state index in [1.54, 1.807) is 18.2 Å². The van der Waals surface area contributed by atoms with Crippen molar-refractivity contribution < 1.29 is 9.90 Å². The first-order valence-electron chi connectivity index (χ1n) is 5.43. The normalized spacial score (nSPS) is 10.1. The highest BCUT2D eigenvalue weighted by Gasteiger charge is 2.09. The topological polar surface area (TPSA) is 49.3 Å². The Morgan fingerprint density at radius 1 is 1.17 bits per heavy atom. The van der Waals surface area contributed by atoms with Crippen LogP contribution in [-0.4, -0.2) is 11.0 Å². The molecule has 0 fully saturated rings. The lowest BCUT2D eigenvalue weighted by Gasteiger charge is -2.08. The third-order valence-corrected chi connectivity index (χ3v) is 3.06. The molecule has 0 aliphatic heterocycles. The van der Waals surface area contributed by atoms with E-state index in [1.165, 1.54) is 12.1 Å². The molecule has 92 valence electrons. The largest absolute Gasteiger partial charge is 0.508 e. The van der Waals surface area contributed by atoms with Crippen LogP contribution in [0.4, 0.5) is 5.69 Å². The van der Waals surface area contributed by atoms with Crippen LogP contribution in [0.3, 0.4) is 0 Å². The summed E-state index contributed by atoms with van der Waals surface area (Å²) < 4.78 is 0.865. The number of hydrogen-bond donors (Lipinski definition) is 2. The summed E-state index contributed by atoms with van der Waals surface area (Å²) >= 11 is 3.35. The Bertz CT molecular complexity index is 579. The van der Waals surface area contributed by atoms with Gasteiger partial charge in [0.25, 0.3) is 5.91 Å². The lowest BCUT2D eigenvalue weighted by Crippen LogP contribution is -2.13. The van der Waals surface area contributed by atoms with Gasteiger partial charge in [0, 0.05) is 15.7 Å². The number of carbonyl (C=O) groups is 1. The van der Waals surface area contributed by atoms with Crippen LogP contribution in [0, 0.1) is 6.92 Å². The smallest absolute Gasteiger partial charge is 0.255 e. The van der Waals surface area contributed by atoms with E-state index >= 15 is 0 Å². The van der Waals surface area contributed by atoms with Gasteiger partial charge in [-0.15, -0.1) is 0 Å². The van der Waals surface area contributed by atoms with Crippen molar-refractivity contribution >= 4 is 27.5 Å². The van der Waals surface area contributed by atoms with Gasteiger partial charge in [0.15, 0.2) is 0 Å². The van der Waals surface area contributed by atoms with Crippen molar-refractivity contribution in [3.63, 3.8) is 0 Å². The first kappa shape index (κ1) is 12.6. The Kier molecular flexibility index (Phi) is 3.67. The number of aryl methyl sites for hydroxylation is 1. The van der Waals surface area contributed by atoms with Gasteiger partial charge in [0.2, 0.25) is 0 Å². The van der Waals surface area contributed by atoms with Crippen LogP contribution >= 0.6 is 15.9 Å². The molecule has 4 heteroatoms. The van der Waals surface area contributed by atoms with E-state index < -0.39 is 0 Å². The Labute approximate surface area is 114 Å². The van der Waals surface area contributed by atoms with Crippen molar-refractivity contribution in [2.24, 2.45) is 0 Å². The average Bonchev–Trinajstić information content (AvgIpc) is 2.35. The quantitative estimate of drug-likeness (QED) is 0.831. The molecule has 0 radical (unpaired) electrons. The monoisotopic (exact) mass is 305 g/mol. The number of phenolic OH excluding ortho intramolecular Hbond substituents is 1. The molecule has 2 rings (SSSR count). The molecular formula is C14H12BrNO2. The first-order chi connectivity index (χ1) is 8.56. The Hall–Kier alpha value is -1.81. The second kappa shape index (κ2) is 5.23. The molecule has 0 atom stereocenters. The third kappa shape index (κ3) is 2.90. The number of rotatable bonds is 2. The molecule has 18 heavy (non-hydrogen) atoms. The third-order valence-electron chi connectivity index (χ3n) is 2.57. The van der Waals surface area contributed by atoms with Gasteiger partial charge >= 0.3 is 0 Å². The zero-order valence-electron chi connectivity index (χ0n) is 9.77. The molecule has 0 aliphatic carbocycles. The fourth-order valence-electron chi connectivity index (χ4n) is 1.58. The van der Waals surface area contributed by atoms with Crippen LogP contribution in [0.25, 0.3) is 0 Å². The SMILES string of the molecule is Cc1ccc(Br)cc1C(=O)Nc1ccc(O)cc1. The first-order valence-corrected chi connectivity index (χ1v) is 6.22. The Morgan fingerprint density at radius 3 is 2.50 bits per heavy atom. The van der Waals surface area contributed by atoms with E-state index in [4.69, 9.17) is 5.11 Å². The maximum Gasteiger partial charge on any atom is 0.255 e. The minimum Gasteiger partial charge on any atom is -0.508 e. The Morgan fingerprint density at radius 2 is 1.83 bits per heavy atom. The highest BCUT2D eigenvalue weighted by atomic mass is 79.9. The molecule has 2 aromatic rings. The molecule has 0 bridgehead atoms. The van der Waals surface area contributed by atoms with E-state index in [1.807, 2.05) is 19.1 Å². The van der Waals surface area contributed by atoms with E-state index in [2.05, 4.69) is 21.2 Å².